The van der Waals surface area contributed by atoms with Crippen LogP contribution in [0.2, 0.25) is 0 Å². The van der Waals surface area contributed by atoms with Crippen molar-refractivity contribution in [3.05, 3.63) is 70.5 Å². The number of halogens is 1. The standard InChI is InChI=1S/C23H27FN2O2S/c1-16-6-7-17(13-21(16)24)14-25-22(27)19-8-10-26(11-9-19)23(28)20-5-3-4-18(12-20)15-29-2/h3-7,12-13,19H,8-11,14-15H2,1-2H3,(H,25,27). The summed E-state index contributed by atoms with van der Waals surface area (Å²) in [5.41, 5.74) is 3.20. The first kappa shape index (κ1) is 21.4. The van der Waals surface area contributed by atoms with Crippen LogP contribution in [-0.4, -0.2) is 36.1 Å². The quantitative estimate of drug-likeness (QED) is 0.772. The van der Waals surface area contributed by atoms with Gasteiger partial charge in [-0.25, -0.2) is 4.39 Å². The van der Waals surface area contributed by atoms with Crippen molar-refractivity contribution in [2.75, 3.05) is 19.3 Å². The molecule has 0 aliphatic carbocycles. The van der Waals surface area contributed by atoms with Crippen molar-refractivity contribution in [1.29, 1.82) is 0 Å². The van der Waals surface area contributed by atoms with Gasteiger partial charge in [-0.2, -0.15) is 11.8 Å². The van der Waals surface area contributed by atoms with Gasteiger partial charge in [-0.15, -0.1) is 0 Å². The van der Waals surface area contributed by atoms with E-state index in [1.165, 1.54) is 6.07 Å². The summed E-state index contributed by atoms with van der Waals surface area (Å²) >= 11 is 1.73. The van der Waals surface area contributed by atoms with E-state index in [1.807, 2.05) is 41.5 Å². The van der Waals surface area contributed by atoms with E-state index >= 15 is 0 Å². The Bertz CT molecular complexity index is 879. The topological polar surface area (TPSA) is 49.4 Å². The van der Waals surface area contributed by atoms with E-state index in [1.54, 1.807) is 24.8 Å². The molecule has 154 valence electrons. The Morgan fingerprint density at radius 3 is 2.59 bits per heavy atom. The van der Waals surface area contributed by atoms with Gasteiger partial charge in [0.2, 0.25) is 5.91 Å². The molecule has 1 aliphatic rings. The van der Waals surface area contributed by atoms with Crippen LogP contribution in [-0.2, 0) is 17.1 Å². The van der Waals surface area contributed by atoms with E-state index in [0.717, 1.165) is 16.9 Å². The van der Waals surface area contributed by atoms with Gasteiger partial charge >= 0.3 is 0 Å². The van der Waals surface area contributed by atoms with Crippen LogP contribution in [0.4, 0.5) is 4.39 Å². The number of amides is 2. The lowest BCUT2D eigenvalue weighted by Gasteiger charge is -2.31. The van der Waals surface area contributed by atoms with Gasteiger partial charge in [0.15, 0.2) is 0 Å². The van der Waals surface area contributed by atoms with Gasteiger partial charge in [0, 0.05) is 36.9 Å². The molecule has 0 atom stereocenters. The van der Waals surface area contributed by atoms with Crippen LogP contribution < -0.4 is 5.32 Å². The number of carbonyl (C=O) groups is 2. The minimum absolute atomic E-state index is 0.0277. The Morgan fingerprint density at radius 1 is 1.14 bits per heavy atom. The van der Waals surface area contributed by atoms with Gasteiger partial charge in [0.05, 0.1) is 0 Å². The fraction of sp³-hybridized carbons (Fsp3) is 0.391. The maximum absolute atomic E-state index is 13.6. The Morgan fingerprint density at radius 2 is 1.90 bits per heavy atom. The average Bonchev–Trinajstić information content (AvgIpc) is 2.74. The van der Waals surface area contributed by atoms with Crippen molar-refractivity contribution in [3.8, 4) is 0 Å². The second-order valence-corrected chi connectivity index (χ2v) is 8.37. The first-order valence-electron chi connectivity index (χ1n) is 9.88. The monoisotopic (exact) mass is 414 g/mol. The molecule has 1 aliphatic heterocycles. The fourth-order valence-corrected chi connectivity index (χ4v) is 4.08. The molecule has 0 saturated carbocycles. The fourth-order valence-electron chi connectivity index (χ4n) is 3.57. The summed E-state index contributed by atoms with van der Waals surface area (Å²) in [6.45, 7) is 3.18. The zero-order valence-corrected chi connectivity index (χ0v) is 17.7. The molecule has 1 N–H and O–H groups in total. The zero-order valence-electron chi connectivity index (χ0n) is 16.9. The molecule has 29 heavy (non-hydrogen) atoms. The summed E-state index contributed by atoms with van der Waals surface area (Å²) in [4.78, 5) is 27.1. The molecule has 1 heterocycles. The second-order valence-electron chi connectivity index (χ2n) is 7.50. The molecule has 1 fully saturated rings. The lowest BCUT2D eigenvalue weighted by Crippen LogP contribution is -2.43. The first-order valence-corrected chi connectivity index (χ1v) is 11.3. The molecule has 6 heteroatoms. The number of hydrogen-bond donors (Lipinski definition) is 1. The summed E-state index contributed by atoms with van der Waals surface area (Å²) in [6.07, 6.45) is 3.33. The van der Waals surface area contributed by atoms with E-state index in [2.05, 4.69) is 5.32 Å². The van der Waals surface area contributed by atoms with Crippen molar-refractivity contribution < 1.29 is 14.0 Å². The van der Waals surface area contributed by atoms with Crippen LogP contribution in [0.5, 0.6) is 0 Å². The third-order valence-electron chi connectivity index (χ3n) is 5.34. The summed E-state index contributed by atoms with van der Waals surface area (Å²) < 4.78 is 13.6. The number of hydrogen-bond acceptors (Lipinski definition) is 3. The lowest BCUT2D eigenvalue weighted by atomic mass is 9.95. The van der Waals surface area contributed by atoms with Gasteiger partial charge in [0.1, 0.15) is 5.82 Å². The predicted molar refractivity (Wildman–Crippen MR) is 115 cm³/mol. The van der Waals surface area contributed by atoms with Crippen LogP contribution >= 0.6 is 11.8 Å². The average molecular weight is 415 g/mol. The molecule has 0 spiro atoms. The van der Waals surface area contributed by atoms with E-state index in [-0.39, 0.29) is 23.5 Å². The number of nitrogens with zero attached hydrogens (tertiary/aromatic N) is 1. The van der Waals surface area contributed by atoms with Crippen LogP contribution in [0.15, 0.2) is 42.5 Å². The maximum atomic E-state index is 13.6. The molecule has 2 aromatic rings. The Hall–Kier alpha value is -2.34. The molecule has 4 nitrogen and oxygen atoms in total. The van der Waals surface area contributed by atoms with E-state index in [9.17, 15) is 14.0 Å². The summed E-state index contributed by atoms with van der Waals surface area (Å²) in [5.74, 6) is 0.512. The van der Waals surface area contributed by atoms with E-state index < -0.39 is 0 Å². The number of carbonyl (C=O) groups excluding carboxylic acids is 2. The molecule has 2 amide bonds. The molecule has 0 bridgehead atoms. The molecule has 3 rings (SSSR count). The molecule has 0 aromatic heterocycles. The molecule has 0 radical (unpaired) electrons. The molecular formula is C23H27FN2O2S. The van der Waals surface area contributed by atoms with Crippen LogP contribution in [0.3, 0.4) is 0 Å². The summed E-state index contributed by atoms with van der Waals surface area (Å²) in [6, 6.07) is 12.8. The number of likely N-dealkylation sites (tertiary alicyclic amines) is 1. The highest BCUT2D eigenvalue weighted by Gasteiger charge is 2.27. The molecule has 0 unspecified atom stereocenters. The van der Waals surface area contributed by atoms with Gasteiger partial charge in [-0.1, -0.05) is 24.3 Å². The molecular weight excluding hydrogens is 387 g/mol. The highest BCUT2D eigenvalue weighted by molar-refractivity contribution is 7.97. The maximum Gasteiger partial charge on any atom is 0.253 e. The van der Waals surface area contributed by atoms with Gasteiger partial charge in [-0.3, -0.25) is 9.59 Å². The number of piperidine rings is 1. The smallest absolute Gasteiger partial charge is 0.253 e. The Kier molecular flexibility index (Phi) is 7.31. The number of nitrogens with one attached hydrogen (secondary N) is 1. The van der Waals surface area contributed by atoms with Gasteiger partial charge < -0.3 is 10.2 Å². The highest BCUT2D eigenvalue weighted by Crippen LogP contribution is 2.21. The summed E-state index contributed by atoms with van der Waals surface area (Å²) in [5, 5.41) is 2.90. The van der Waals surface area contributed by atoms with E-state index in [4.69, 9.17) is 0 Å². The lowest BCUT2D eigenvalue weighted by molar-refractivity contribution is -0.126. The van der Waals surface area contributed by atoms with Gasteiger partial charge in [-0.05, 0) is 60.9 Å². The third kappa shape index (κ3) is 5.60. The zero-order chi connectivity index (χ0) is 20.8. The van der Waals surface area contributed by atoms with Crippen LogP contribution in [0.25, 0.3) is 0 Å². The van der Waals surface area contributed by atoms with Crippen molar-refractivity contribution in [1.82, 2.24) is 10.2 Å². The minimum Gasteiger partial charge on any atom is -0.352 e. The second kappa shape index (κ2) is 9.92. The van der Waals surface area contributed by atoms with Crippen molar-refractivity contribution >= 4 is 23.6 Å². The van der Waals surface area contributed by atoms with E-state index in [0.29, 0.717) is 43.6 Å². The normalized spacial score (nSPS) is 14.7. The molecule has 2 aromatic carbocycles. The number of benzene rings is 2. The highest BCUT2D eigenvalue weighted by atomic mass is 32.2. The SMILES string of the molecule is CSCc1cccc(C(=O)N2CCC(C(=O)NCc3ccc(C)c(F)c3)CC2)c1. The summed E-state index contributed by atoms with van der Waals surface area (Å²) in [7, 11) is 0. The Labute approximate surface area is 175 Å². The number of thioether (sulfide) groups is 1. The predicted octanol–water partition coefficient (Wildman–Crippen LogP) is 4.17. The van der Waals surface area contributed by atoms with Crippen molar-refractivity contribution in [3.63, 3.8) is 0 Å². The minimum atomic E-state index is -0.259. The van der Waals surface area contributed by atoms with Crippen LogP contribution in [0, 0.1) is 18.7 Å². The number of rotatable bonds is 6. The largest absolute Gasteiger partial charge is 0.352 e. The first-order chi connectivity index (χ1) is 14.0. The third-order valence-corrected chi connectivity index (χ3v) is 5.96. The van der Waals surface area contributed by atoms with Crippen molar-refractivity contribution in [2.24, 2.45) is 5.92 Å². The number of aryl methyl sites for hydroxylation is 1. The Balaban J connectivity index is 1.50. The van der Waals surface area contributed by atoms with Crippen LogP contribution in [0.1, 0.15) is 39.9 Å². The molecule has 1 saturated heterocycles. The van der Waals surface area contributed by atoms with Crippen molar-refractivity contribution in [2.45, 2.75) is 32.1 Å². The van der Waals surface area contributed by atoms with Gasteiger partial charge in [0.25, 0.3) is 5.91 Å².